The zero-order chi connectivity index (χ0) is 13.2. The SMILES string of the molecule is CC1CCCC(CO)(Nc2ncc(Br)cc2Br)C1. The summed E-state index contributed by atoms with van der Waals surface area (Å²) in [6.45, 7) is 2.40. The first-order chi connectivity index (χ1) is 8.54. The molecule has 2 N–H and O–H groups in total. The van der Waals surface area contributed by atoms with E-state index in [2.05, 4.69) is 49.1 Å². The number of pyridine rings is 1. The number of aliphatic hydroxyl groups is 1. The normalized spacial score (nSPS) is 28.1. The molecule has 1 fully saturated rings. The molecule has 0 spiro atoms. The number of nitrogens with zero attached hydrogens (tertiary/aromatic N) is 1. The number of aromatic nitrogens is 1. The zero-order valence-electron chi connectivity index (χ0n) is 10.4. The highest BCUT2D eigenvalue weighted by Gasteiger charge is 2.35. The number of anilines is 1. The molecule has 0 aliphatic heterocycles. The molecule has 18 heavy (non-hydrogen) atoms. The smallest absolute Gasteiger partial charge is 0.140 e. The lowest BCUT2D eigenvalue weighted by Gasteiger charge is -2.40. The average Bonchev–Trinajstić information content (AvgIpc) is 2.33. The van der Waals surface area contributed by atoms with Gasteiger partial charge < -0.3 is 10.4 Å². The maximum absolute atomic E-state index is 9.75. The Kier molecular flexibility index (Phi) is 4.67. The molecule has 3 nitrogen and oxygen atoms in total. The van der Waals surface area contributed by atoms with Crippen molar-refractivity contribution < 1.29 is 5.11 Å². The minimum absolute atomic E-state index is 0.154. The Morgan fingerprint density at radius 1 is 1.56 bits per heavy atom. The fourth-order valence-corrected chi connectivity index (χ4v) is 3.80. The molecule has 5 heteroatoms. The Labute approximate surface area is 125 Å². The van der Waals surface area contributed by atoms with Crippen molar-refractivity contribution in [2.24, 2.45) is 5.92 Å². The van der Waals surface area contributed by atoms with Gasteiger partial charge in [-0.3, -0.25) is 0 Å². The van der Waals surface area contributed by atoms with E-state index in [-0.39, 0.29) is 12.1 Å². The average molecular weight is 378 g/mol. The Morgan fingerprint density at radius 2 is 2.33 bits per heavy atom. The van der Waals surface area contributed by atoms with Crippen LogP contribution >= 0.6 is 31.9 Å². The van der Waals surface area contributed by atoms with Crippen LogP contribution in [0.15, 0.2) is 21.2 Å². The lowest BCUT2D eigenvalue weighted by atomic mass is 9.77. The summed E-state index contributed by atoms with van der Waals surface area (Å²) in [5, 5.41) is 13.2. The van der Waals surface area contributed by atoms with Gasteiger partial charge in [0.1, 0.15) is 5.82 Å². The summed E-state index contributed by atoms with van der Waals surface area (Å²) in [6, 6.07) is 1.96. The topological polar surface area (TPSA) is 45.1 Å². The van der Waals surface area contributed by atoms with Crippen LogP contribution in [0.1, 0.15) is 32.6 Å². The van der Waals surface area contributed by atoms with Crippen LogP contribution in [0.25, 0.3) is 0 Å². The molecule has 1 aliphatic rings. The van der Waals surface area contributed by atoms with Gasteiger partial charge in [0, 0.05) is 10.7 Å². The third kappa shape index (κ3) is 3.25. The fraction of sp³-hybridized carbons (Fsp3) is 0.615. The molecule has 2 rings (SSSR count). The number of aliphatic hydroxyl groups excluding tert-OH is 1. The van der Waals surface area contributed by atoms with E-state index in [4.69, 9.17) is 0 Å². The minimum atomic E-state index is -0.221. The third-order valence-electron chi connectivity index (χ3n) is 3.59. The fourth-order valence-electron chi connectivity index (χ4n) is 2.71. The Morgan fingerprint density at radius 3 is 2.94 bits per heavy atom. The van der Waals surface area contributed by atoms with Gasteiger partial charge in [0.15, 0.2) is 0 Å². The molecule has 0 radical (unpaired) electrons. The van der Waals surface area contributed by atoms with Crippen molar-refractivity contribution in [1.82, 2.24) is 4.98 Å². The van der Waals surface area contributed by atoms with E-state index in [1.165, 1.54) is 6.42 Å². The van der Waals surface area contributed by atoms with Gasteiger partial charge in [-0.2, -0.15) is 0 Å². The van der Waals surface area contributed by atoms with Crippen LogP contribution in [-0.4, -0.2) is 22.2 Å². The maximum atomic E-state index is 9.75. The standard InChI is InChI=1S/C13H18Br2N2O/c1-9-3-2-4-13(6-9,8-18)17-12-11(15)5-10(14)7-16-12/h5,7,9,18H,2-4,6,8H2,1H3,(H,16,17). The number of hydrogen-bond donors (Lipinski definition) is 2. The first kappa shape index (κ1) is 14.3. The van der Waals surface area contributed by atoms with E-state index in [1.807, 2.05) is 6.07 Å². The van der Waals surface area contributed by atoms with E-state index in [1.54, 1.807) is 6.20 Å². The number of halogens is 2. The van der Waals surface area contributed by atoms with Gasteiger partial charge in [0.25, 0.3) is 0 Å². The van der Waals surface area contributed by atoms with Gasteiger partial charge in [-0.1, -0.05) is 19.8 Å². The van der Waals surface area contributed by atoms with Gasteiger partial charge in [-0.05, 0) is 56.7 Å². The predicted molar refractivity (Wildman–Crippen MR) is 80.7 cm³/mol. The molecule has 1 heterocycles. The van der Waals surface area contributed by atoms with E-state index in [0.717, 1.165) is 34.0 Å². The quantitative estimate of drug-likeness (QED) is 0.837. The summed E-state index contributed by atoms with van der Waals surface area (Å²) >= 11 is 6.90. The van der Waals surface area contributed by atoms with E-state index < -0.39 is 0 Å². The van der Waals surface area contributed by atoms with Crippen LogP contribution in [0, 0.1) is 5.92 Å². The molecule has 1 aromatic heterocycles. The Balaban J connectivity index is 2.19. The summed E-state index contributed by atoms with van der Waals surface area (Å²) in [4.78, 5) is 4.37. The minimum Gasteiger partial charge on any atom is -0.394 e. The molecule has 1 aliphatic carbocycles. The zero-order valence-corrected chi connectivity index (χ0v) is 13.6. The molecule has 0 amide bonds. The van der Waals surface area contributed by atoms with Crippen molar-refractivity contribution in [2.45, 2.75) is 38.1 Å². The first-order valence-corrected chi connectivity index (χ1v) is 7.83. The van der Waals surface area contributed by atoms with Crippen LogP contribution in [0.5, 0.6) is 0 Å². The van der Waals surface area contributed by atoms with E-state index >= 15 is 0 Å². The molecule has 1 aromatic rings. The number of nitrogens with one attached hydrogen (secondary N) is 1. The van der Waals surface area contributed by atoms with E-state index in [9.17, 15) is 5.11 Å². The molecule has 100 valence electrons. The van der Waals surface area contributed by atoms with Gasteiger partial charge in [0.2, 0.25) is 0 Å². The largest absolute Gasteiger partial charge is 0.394 e. The van der Waals surface area contributed by atoms with Crippen LogP contribution in [0.4, 0.5) is 5.82 Å². The number of hydrogen-bond acceptors (Lipinski definition) is 3. The second-order valence-corrected chi connectivity index (χ2v) is 7.02. The van der Waals surface area contributed by atoms with Gasteiger partial charge in [0.05, 0.1) is 16.6 Å². The summed E-state index contributed by atoms with van der Waals surface area (Å²) in [6.07, 6.45) is 6.16. The summed E-state index contributed by atoms with van der Waals surface area (Å²) in [7, 11) is 0. The molecule has 2 unspecified atom stereocenters. The lowest BCUT2D eigenvalue weighted by molar-refractivity contribution is 0.149. The van der Waals surface area contributed by atoms with Crippen LogP contribution in [0.3, 0.4) is 0 Å². The predicted octanol–water partition coefficient (Wildman–Crippen LogP) is 3.96. The highest BCUT2D eigenvalue weighted by Crippen LogP contribution is 2.36. The molecule has 2 atom stereocenters. The summed E-state index contributed by atoms with van der Waals surface area (Å²) in [5.41, 5.74) is -0.221. The van der Waals surface area contributed by atoms with Crippen LogP contribution < -0.4 is 5.32 Å². The molecule has 0 bridgehead atoms. The van der Waals surface area contributed by atoms with Gasteiger partial charge >= 0.3 is 0 Å². The van der Waals surface area contributed by atoms with Crippen molar-refractivity contribution >= 4 is 37.7 Å². The molecular weight excluding hydrogens is 360 g/mol. The van der Waals surface area contributed by atoms with Crippen LogP contribution in [-0.2, 0) is 0 Å². The van der Waals surface area contributed by atoms with Gasteiger partial charge in [-0.15, -0.1) is 0 Å². The second-order valence-electron chi connectivity index (χ2n) is 5.25. The monoisotopic (exact) mass is 376 g/mol. The van der Waals surface area contributed by atoms with Crippen LogP contribution in [0.2, 0.25) is 0 Å². The highest BCUT2D eigenvalue weighted by atomic mass is 79.9. The summed E-state index contributed by atoms with van der Waals surface area (Å²) < 4.78 is 1.86. The maximum Gasteiger partial charge on any atom is 0.140 e. The molecule has 0 aromatic carbocycles. The van der Waals surface area contributed by atoms with E-state index in [0.29, 0.717) is 5.92 Å². The Hall–Kier alpha value is -0.130. The highest BCUT2D eigenvalue weighted by molar-refractivity contribution is 9.11. The molecular formula is C13H18Br2N2O. The molecule has 1 saturated carbocycles. The summed E-state index contributed by atoms with van der Waals surface area (Å²) in [5.74, 6) is 1.45. The lowest BCUT2D eigenvalue weighted by Crippen LogP contribution is -2.46. The number of rotatable bonds is 3. The van der Waals surface area contributed by atoms with Crippen molar-refractivity contribution in [3.8, 4) is 0 Å². The first-order valence-electron chi connectivity index (χ1n) is 6.25. The van der Waals surface area contributed by atoms with Crippen molar-refractivity contribution in [3.05, 3.63) is 21.2 Å². The van der Waals surface area contributed by atoms with Gasteiger partial charge in [-0.25, -0.2) is 4.98 Å². The van der Waals surface area contributed by atoms with Crippen molar-refractivity contribution in [2.75, 3.05) is 11.9 Å². The third-order valence-corrected chi connectivity index (χ3v) is 4.62. The Bertz CT molecular complexity index is 427. The second kappa shape index (κ2) is 5.88. The van der Waals surface area contributed by atoms with Crippen molar-refractivity contribution in [1.29, 1.82) is 0 Å². The molecule has 0 saturated heterocycles. The van der Waals surface area contributed by atoms with Crippen molar-refractivity contribution in [3.63, 3.8) is 0 Å².